The average molecular weight is 529 g/mol. The second kappa shape index (κ2) is 10.5. The van der Waals surface area contributed by atoms with Crippen LogP contribution in [0, 0.1) is 5.82 Å². The Labute approximate surface area is 220 Å². The highest BCUT2D eigenvalue weighted by atomic mass is 32.2. The third-order valence-corrected chi connectivity index (χ3v) is 7.35. The Morgan fingerprint density at radius 3 is 2.29 bits per heavy atom. The first-order valence-electron chi connectivity index (χ1n) is 11.9. The molecule has 5 aromatic rings. The maximum Gasteiger partial charge on any atom is 0.219 e. The van der Waals surface area contributed by atoms with E-state index in [9.17, 15) is 17.6 Å². The zero-order valence-electron chi connectivity index (χ0n) is 20.6. The number of hydrogen-bond donors (Lipinski definition) is 0. The minimum Gasteiger partial charge on any atom is -0.484 e. The van der Waals surface area contributed by atoms with Gasteiger partial charge in [-0.2, -0.15) is 0 Å². The number of fused-ring (bicyclic) bond motifs is 1. The molecule has 0 bridgehead atoms. The van der Waals surface area contributed by atoms with Crippen molar-refractivity contribution >= 4 is 38.7 Å². The average Bonchev–Trinajstić information content (AvgIpc) is 3.22. The van der Waals surface area contributed by atoms with Crippen molar-refractivity contribution in [3.8, 4) is 5.75 Å². The van der Waals surface area contributed by atoms with E-state index in [2.05, 4.69) is 0 Å². The maximum absolute atomic E-state index is 13.6. The molecular weight excluding hydrogens is 503 g/mol. The summed E-state index contributed by atoms with van der Waals surface area (Å²) in [6.45, 7) is 0.579. The zero-order valence-corrected chi connectivity index (χ0v) is 21.4. The van der Waals surface area contributed by atoms with Crippen molar-refractivity contribution in [2.24, 2.45) is 0 Å². The van der Waals surface area contributed by atoms with Crippen LogP contribution >= 0.6 is 0 Å². The quantitative estimate of drug-likeness (QED) is 0.217. The first-order valence-corrected chi connectivity index (χ1v) is 13.8. The molecule has 192 valence electrons. The van der Waals surface area contributed by atoms with E-state index < -0.39 is 9.84 Å². The zero-order chi connectivity index (χ0) is 26.7. The SMILES string of the molecule is CS(=O)(=O)c1cccc(N(C=O)c2c(OCc3ccccc3)c3ccccc3n2Cc2ccc(F)cc2)c1. The molecule has 0 radical (unpaired) electrons. The second-order valence-corrected chi connectivity index (χ2v) is 10.9. The second-order valence-electron chi connectivity index (χ2n) is 8.90. The highest BCUT2D eigenvalue weighted by Gasteiger charge is 2.25. The Morgan fingerprint density at radius 2 is 1.58 bits per heavy atom. The molecule has 0 unspecified atom stereocenters. The highest BCUT2D eigenvalue weighted by Crippen LogP contribution is 2.43. The molecule has 38 heavy (non-hydrogen) atoms. The van der Waals surface area contributed by atoms with Crippen molar-refractivity contribution in [3.05, 3.63) is 120 Å². The molecular formula is C30H25FN2O4S. The molecule has 0 aliphatic heterocycles. The maximum atomic E-state index is 13.6. The minimum atomic E-state index is -3.51. The van der Waals surface area contributed by atoms with E-state index in [0.717, 1.165) is 28.3 Å². The summed E-state index contributed by atoms with van der Waals surface area (Å²) in [6.07, 6.45) is 1.77. The summed E-state index contributed by atoms with van der Waals surface area (Å²) in [4.78, 5) is 14.2. The van der Waals surface area contributed by atoms with E-state index in [1.54, 1.807) is 24.3 Å². The van der Waals surface area contributed by atoms with Gasteiger partial charge in [-0.3, -0.25) is 9.69 Å². The van der Waals surface area contributed by atoms with E-state index in [-0.39, 0.29) is 17.3 Å². The van der Waals surface area contributed by atoms with Gasteiger partial charge in [0.15, 0.2) is 21.4 Å². The van der Waals surface area contributed by atoms with Gasteiger partial charge < -0.3 is 9.30 Å². The van der Waals surface area contributed by atoms with Crippen LogP contribution in [0.2, 0.25) is 0 Å². The molecule has 0 N–H and O–H groups in total. The van der Waals surface area contributed by atoms with Gasteiger partial charge in [0.05, 0.1) is 16.1 Å². The predicted octanol–water partition coefficient (Wildman–Crippen LogP) is 6.11. The lowest BCUT2D eigenvalue weighted by molar-refractivity contribution is -0.106. The Balaban J connectivity index is 1.71. The van der Waals surface area contributed by atoms with E-state index in [4.69, 9.17) is 4.74 Å². The van der Waals surface area contributed by atoms with Gasteiger partial charge in [-0.15, -0.1) is 0 Å². The fourth-order valence-corrected chi connectivity index (χ4v) is 5.06. The van der Waals surface area contributed by atoms with Gasteiger partial charge in [-0.1, -0.05) is 60.7 Å². The Kier molecular flexibility index (Phi) is 6.98. The first kappa shape index (κ1) is 25.2. The molecule has 0 saturated heterocycles. The minimum absolute atomic E-state index is 0.0924. The normalized spacial score (nSPS) is 11.4. The van der Waals surface area contributed by atoms with E-state index in [1.807, 2.05) is 59.2 Å². The number of rotatable bonds is 9. The van der Waals surface area contributed by atoms with Crippen molar-refractivity contribution < 1.29 is 22.3 Å². The van der Waals surface area contributed by atoms with Crippen molar-refractivity contribution in [1.29, 1.82) is 0 Å². The number of benzene rings is 4. The summed E-state index contributed by atoms with van der Waals surface area (Å²) in [5, 5.41) is 0.784. The number of para-hydroxylation sites is 1. The van der Waals surface area contributed by atoms with Crippen molar-refractivity contribution in [3.63, 3.8) is 0 Å². The fraction of sp³-hybridized carbons (Fsp3) is 0.100. The molecule has 8 heteroatoms. The summed E-state index contributed by atoms with van der Waals surface area (Å²) in [6, 6.07) is 29.7. The van der Waals surface area contributed by atoms with Crippen molar-refractivity contribution in [2.45, 2.75) is 18.0 Å². The number of amides is 1. The number of sulfone groups is 1. The number of halogens is 1. The van der Waals surface area contributed by atoms with Gasteiger partial charge in [0.1, 0.15) is 12.4 Å². The van der Waals surface area contributed by atoms with Gasteiger partial charge in [-0.25, -0.2) is 12.8 Å². The topological polar surface area (TPSA) is 68.6 Å². The van der Waals surface area contributed by atoms with Crippen LogP contribution < -0.4 is 9.64 Å². The van der Waals surface area contributed by atoms with Crippen molar-refractivity contribution in [2.75, 3.05) is 11.2 Å². The Morgan fingerprint density at radius 1 is 0.868 bits per heavy atom. The molecule has 5 rings (SSSR count). The smallest absolute Gasteiger partial charge is 0.219 e. The van der Waals surface area contributed by atoms with Crippen LogP contribution in [0.15, 0.2) is 108 Å². The first-order chi connectivity index (χ1) is 18.3. The van der Waals surface area contributed by atoms with Crippen molar-refractivity contribution in [1.82, 2.24) is 4.57 Å². The van der Waals surface area contributed by atoms with Crippen LogP contribution in [0.25, 0.3) is 10.9 Å². The van der Waals surface area contributed by atoms with Gasteiger partial charge >= 0.3 is 0 Å². The van der Waals surface area contributed by atoms with Gasteiger partial charge in [-0.05, 0) is 53.6 Å². The lowest BCUT2D eigenvalue weighted by Gasteiger charge is -2.22. The van der Waals surface area contributed by atoms with E-state index >= 15 is 0 Å². The Bertz CT molecular complexity index is 1700. The highest BCUT2D eigenvalue weighted by molar-refractivity contribution is 7.90. The van der Waals surface area contributed by atoms with Crippen LogP contribution in [0.1, 0.15) is 11.1 Å². The van der Waals surface area contributed by atoms with E-state index in [1.165, 1.54) is 29.2 Å². The molecule has 1 heterocycles. The number of ether oxygens (including phenoxy) is 1. The molecule has 0 fully saturated rings. The van der Waals surface area contributed by atoms with E-state index in [0.29, 0.717) is 30.2 Å². The number of aromatic nitrogens is 1. The lowest BCUT2D eigenvalue weighted by Crippen LogP contribution is -2.20. The molecule has 4 aromatic carbocycles. The summed E-state index contributed by atoms with van der Waals surface area (Å²) in [5.74, 6) is 0.570. The molecule has 1 aromatic heterocycles. The molecule has 0 atom stereocenters. The molecule has 0 aliphatic carbocycles. The summed E-state index contributed by atoms with van der Waals surface area (Å²) in [5.41, 5.74) is 2.95. The number of nitrogens with zero attached hydrogens (tertiary/aromatic N) is 2. The third kappa shape index (κ3) is 5.17. The summed E-state index contributed by atoms with van der Waals surface area (Å²) < 4.78 is 46.5. The van der Waals surface area contributed by atoms with Crippen LogP contribution in [-0.2, 0) is 27.8 Å². The number of carbonyl (C=O) groups excluding carboxylic acids is 1. The summed E-state index contributed by atoms with van der Waals surface area (Å²) in [7, 11) is -3.51. The fourth-order valence-electron chi connectivity index (χ4n) is 4.40. The van der Waals surface area contributed by atoms with Crippen LogP contribution in [0.4, 0.5) is 15.9 Å². The monoisotopic (exact) mass is 528 g/mol. The van der Waals surface area contributed by atoms with Crippen LogP contribution in [0.5, 0.6) is 5.75 Å². The molecule has 0 aliphatic rings. The lowest BCUT2D eigenvalue weighted by atomic mass is 10.2. The Hall–Kier alpha value is -4.43. The molecule has 0 spiro atoms. The van der Waals surface area contributed by atoms with Crippen LogP contribution in [0.3, 0.4) is 0 Å². The third-order valence-electron chi connectivity index (χ3n) is 6.24. The van der Waals surface area contributed by atoms with Gasteiger partial charge in [0.25, 0.3) is 0 Å². The molecule has 6 nitrogen and oxygen atoms in total. The molecule has 1 amide bonds. The predicted molar refractivity (Wildman–Crippen MR) is 146 cm³/mol. The largest absolute Gasteiger partial charge is 0.484 e. The number of hydrogen-bond acceptors (Lipinski definition) is 4. The number of anilines is 2. The van der Waals surface area contributed by atoms with Gasteiger partial charge in [0, 0.05) is 18.2 Å². The summed E-state index contributed by atoms with van der Waals surface area (Å²) >= 11 is 0. The number of carbonyl (C=O) groups is 1. The van der Waals surface area contributed by atoms with Gasteiger partial charge in [0.2, 0.25) is 6.41 Å². The molecule has 0 saturated carbocycles. The standard InChI is InChI=1S/C30H25FN2O4S/c1-38(35,36)26-11-7-10-25(18-26)33(21-34)30-29(37-20-23-8-3-2-4-9-23)27-12-5-6-13-28(27)32(30)19-22-14-16-24(31)17-15-22/h2-18,21H,19-20H2,1H3. The van der Waals surface area contributed by atoms with Crippen LogP contribution in [-0.4, -0.2) is 25.7 Å².